The van der Waals surface area contributed by atoms with Crippen molar-refractivity contribution in [2.24, 2.45) is 5.73 Å². The van der Waals surface area contributed by atoms with E-state index in [0.717, 1.165) is 0 Å². The SMILES string of the molecule is NC(=O)C1(O)CCN(c2ncnc3nc[nH]c23)C1. The average Bonchev–Trinajstić information content (AvgIpc) is 2.95. The van der Waals surface area contributed by atoms with Crippen LogP contribution in [-0.2, 0) is 4.79 Å². The number of amides is 1. The van der Waals surface area contributed by atoms with Gasteiger partial charge in [0.1, 0.15) is 11.8 Å². The smallest absolute Gasteiger partial charge is 0.251 e. The van der Waals surface area contributed by atoms with E-state index < -0.39 is 11.5 Å². The summed E-state index contributed by atoms with van der Waals surface area (Å²) in [7, 11) is 0. The number of nitrogens with two attached hydrogens (primary N) is 1. The van der Waals surface area contributed by atoms with E-state index >= 15 is 0 Å². The Kier molecular flexibility index (Phi) is 2.20. The van der Waals surface area contributed by atoms with Crippen molar-refractivity contribution in [2.75, 3.05) is 18.0 Å². The minimum atomic E-state index is -1.49. The number of rotatable bonds is 2. The van der Waals surface area contributed by atoms with Crippen LogP contribution in [0.4, 0.5) is 5.82 Å². The van der Waals surface area contributed by atoms with E-state index in [-0.39, 0.29) is 6.54 Å². The first-order valence-corrected chi connectivity index (χ1v) is 5.51. The number of aromatic amines is 1. The summed E-state index contributed by atoms with van der Waals surface area (Å²) in [6, 6.07) is 0. The van der Waals surface area contributed by atoms with E-state index in [1.54, 1.807) is 4.90 Å². The van der Waals surface area contributed by atoms with Crippen LogP contribution < -0.4 is 10.6 Å². The van der Waals surface area contributed by atoms with Crippen LogP contribution in [0.15, 0.2) is 12.7 Å². The zero-order valence-corrected chi connectivity index (χ0v) is 9.50. The van der Waals surface area contributed by atoms with Gasteiger partial charge in [0, 0.05) is 13.0 Å². The fourth-order valence-corrected chi connectivity index (χ4v) is 2.17. The lowest BCUT2D eigenvalue weighted by Crippen LogP contribution is -2.46. The Bertz CT molecular complexity index is 611. The standard InChI is InChI=1S/C10H12N6O2/c11-9(17)10(18)1-2-16(3-10)8-6-7(13-4-12-6)14-5-15-8/h4-5,18H,1-3H2,(H2,11,17)(H,12,13,14,15). The second-order valence-electron chi connectivity index (χ2n) is 4.37. The minimum absolute atomic E-state index is 0.132. The number of nitrogens with zero attached hydrogens (tertiary/aromatic N) is 4. The number of anilines is 1. The highest BCUT2D eigenvalue weighted by Gasteiger charge is 2.42. The molecule has 1 aliphatic heterocycles. The van der Waals surface area contributed by atoms with E-state index in [9.17, 15) is 9.90 Å². The van der Waals surface area contributed by atoms with Crippen molar-refractivity contribution < 1.29 is 9.90 Å². The van der Waals surface area contributed by atoms with Crippen LogP contribution in [0.25, 0.3) is 11.2 Å². The molecule has 4 N–H and O–H groups in total. The Balaban J connectivity index is 1.98. The molecule has 18 heavy (non-hydrogen) atoms. The topological polar surface area (TPSA) is 121 Å². The minimum Gasteiger partial charge on any atom is -0.378 e. The maximum absolute atomic E-state index is 11.2. The van der Waals surface area contributed by atoms with Crippen molar-refractivity contribution in [1.29, 1.82) is 0 Å². The summed E-state index contributed by atoms with van der Waals surface area (Å²) in [5.41, 5.74) is 4.94. The van der Waals surface area contributed by atoms with Crippen LogP contribution in [0.3, 0.4) is 0 Å². The van der Waals surface area contributed by atoms with Gasteiger partial charge in [0.15, 0.2) is 17.1 Å². The molecule has 1 fully saturated rings. The number of hydrogen-bond acceptors (Lipinski definition) is 6. The first-order chi connectivity index (χ1) is 8.60. The highest BCUT2D eigenvalue weighted by molar-refractivity contribution is 5.87. The van der Waals surface area contributed by atoms with Gasteiger partial charge < -0.3 is 20.7 Å². The monoisotopic (exact) mass is 248 g/mol. The molecule has 2 aromatic heterocycles. The third kappa shape index (κ3) is 1.50. The molecule has 94 valence electrons. The molecule has 0 aliphatic carbocycles. The molecule has 3 rings (SSSR count). The summed E-state index contributed by atoms with van der Waals surface area (Å²) in [6.45, 7) is 0.637. The molecule has 0 radical (unpaired) electrons. The van der Waals surface area contributed by atoms with Gasteiger partial charge in [-0.25, -0.2) is 15.0 Å². The molecule has 0 spiro atoms. The van der Waals surface area contributed by atoms with Crippen molar-refractivity contribution in [3.63, 3.8) is 0 Å². The molecule has 3 heterocycles. The van der Waals surface area contributed by atoms with E-state index in [1.165, 1.54) is 12.7 Å². The van der Waals surface area contributed by atoms with Gasteiger partial charge in [-0.05, 0) is 0 Å². The highest BCUT2D eigenvalue weighted by atomic mass is 16.3. The van der Waals surface area contributed by atoms with Crippen LogP contribution in [0.1, 0.15) is 6.42 Å². The highest BCUT2D eigenvalue weighted by Crippen LogP contribution is 2.28. The fraction of sp³-hybridized carbons (Fsp3) is 0.400. The molecule has 2 aromatic rings. The van der Waals surface area contributed by atoms with E-state index in [4.69, 9.17) is 5.73 Å². The third-order valence-corrected chi connectivity index (χ3v) is 3.21. The Morgan fingerprint density at radius 3 is 3.06 bits per heavy atom. The van der Waals surface area contributed by atoms with Crippen LogP contribution in [0, 0.1) is 0 Å². The summed E-state index contributed by atoms with van der Waals surface area (Å²) in [4.78, 5) is 28.2. The van der Waals surface area contributed by atoms with Crippen LogP contribution in [0.2, 0.25) is 0 Å². The summed E-state index contributed by atoms with van der Waals surface area (Å²) in [6.07, 6.45) is 3.22. The lowest BCUT2D eigenvalue weighted by Gasteiger charge is -2.20. The predicted octanol–water partition coefficient (Wildman–Crippen LogP) is -1.22. The Morgan fingerprint density at radius 2 is 2.33 bits per heavy atom. The van der Waals surface area contributed by atoms with Gasteiger partial charge >= 0.3 is 0 Å². The Labute approximate surface area is 102 Å². The number of carbonyl (C=O) groups is 1. The molecular formula is C10H12N6O2. The molecular weight excluding hydrogens is 236 g/mol. The summed E-state index contributed by atoms with van der Waals surface area (Å²) < 4.78 is 0. The second kappa shape index (κ2) is 3.64. The third-order valence-electron chi connectivity index (χ3n) is 3.21. The molecule has 1 atom stereocenters. The Morgan fingerprint density at radius 1 is 1.50 bits per heavy atom. The quantitative estimate of drug-likeness (QED) is 0.612. The second-order valence-corrected chi connectivity index (χ2v) is 4.37. The van der Waals surface area contributed by atoms with Crippen molar-refractivity contribution in [3.05, 3.63) is 12.7 Å². The maximum atomic E-state index is 11.2. The number of nitrogens with one attached hydrogen (secondary N) is 1. The largest absolute Gasteiger partial charge is 0.378 e. The number of aromatic nitrogens is 4. The molecule has 1 amide bonds. The van der Waals surface area contributed by atoms with Crippen molar-refractivity contribution >= 4 is 22.9 Å². The zero-order valence-electron chi connectivity index (χ0n) is 9.50. The molecule has 0 aromatic carbocycles. The normalized spacial score (nSPS) is 23.7. The summed E-state index contributed by atoms with van der Waals surface area (Å²) in [5.74, 6) is -0.0883. The van der Waals surface area contributed by atoms with Gasteiger partial charge in [-0.15, -0.1) is 0 Å². The molecule has 1 aliphatic rings. The van der Waals surface area contributed by atoms with E-state index in [2.05, 4.69) is 19.9 Å². The van der Waals surface area contributed by atoms with Gasteiger partial charge in [0.2, 0.25) is 0 Å². The zero-order chi connectivity index (χ0) is 12.8. The summed E-state index contributed by atoms with van der Waals surface area (Å²) >= 11 is 0. The number of primary amides is 1. The number of imidazole rings is 1. The predicted molar refractivity (Wildman–Crippen MR) is 62.7 cm³/mol. The number of H-pyrrole nitrogens is 1. The van der Waals surface area contributed by atoms with Gasteiger partial charge in [0.25, 0.3) is 5.91 Å². The fourth-order valence-electron chi connectivity index (χ4n) is 2.17. The van der Waals surface area contributed by atoms with E-state index in [0.29, 0.717) is 29.9 Å². The Hall–Kier alpha value is -2.22. The molecule has 8 heteroatoms. The molecule has 0 bridgehead atoms. The lowest BCUT2D eigenvalue weighted by atomic mass is 10.0. The first kappa shape index (κ1) is 10.9. The van der Waals surface area contributed by atoms with Gasteiger partial charge in [-0.3, -0.25) is 4.79 Å². The van der Waals surface area contributed by atoms with Crippen molar-refractivity contribution in [3.8, 4) is 0 Å². The van der Waals surface area contributed by atoms with Crippen molar-refractivity contribution in [1.82, 2.24) is 19.9 Å². The van der Waals surface area contributed by atoms with Crippen LogP contribution in [-0.4, -0.2) is 49.6 Å². The van der Waals surface area contributed by atoms with Gasteiger partial charge in [-0.1, -0.05) is 0 Å². The molecule has 8 nitrogen and oxygen atoms in total. The molecule has 0 saturated carbocycles. The maximum Gasteiger partial charge on any atom is 0.251 e. The first-order valence-electron chi connectivity index (χ1n) is 5.51. The molecule has 1 saturated heterocycles. The summed E-state index contributed by atoms with van der Waals surface area (Å²) in [5, 5.41) is 10.0. The average molecular weight is 248 g/mol. The van der Waals surface area contributed by atoms with E-state index in [1.807, 2.05) is 0 Å². The van der Waals surface area contributed by atoms with Crippen LogP contribution in [0.5, 0.6) is 0 Å². The number of β-amino-alcohol motifs (C(OH)–C–C–N with tert-alkyl or cyclic N) is 1. The number of fused-ring (bicyclic) bond motifs is 1. The van der Waals surface area contributed by atoms with Gasteiger partial charge in [-0.2, -0.15) is 0 Å². The molecule has 1 unspecified atom stereocenters. The number of aliphatic hydroxyl groups is 1. The number of carbonyl (C=O) groups excluding carboxylic acids is 1. The van der Waals surface area contributed by atoms with Gasteiger partial charge in [0.05, 0.1) is 12.9 Å². The number of hydrogen-bond donors (Lipinski definition) is 3. The van der Waals surface area contributed by atoms with Crippen LogP contribution >= 0.6 is 0 Å². The van der Waals surface area contributed by atoms with Crippen molar-refractivity contribution in [2.45, 2.75) is 12.0 Å². The lowest BCUT2D eigenvalue weighted by molar-refractivity contribution is -0.134.